The van der Waals surface area contributed by atoms with Crippen LogP contribution >= 0.6 is 0 Å². The molecule has 9 nitrogen and oxygen atoms in total. The van der Waals surface area contributed by atoms with Gasteiger partial charge in [-0.25, -0.2) is 19.9 Å². The molecular formula is C26H23N7O2. The molecule has 0 radical (unpaired) electrons. The van der Waals surface area contributed by atoms with Crippen LogP contribution < -0.4 is 10.1 Å². The summed E-state index contributed by atoms with van der Waals surface area (Å²) in [5.41, 5.74) is 5.56. The summed E-state index contributed by atoms with van der Waals surface area (Å²) >= 11 is 0. The van der Waals surface area contributed by atoms with Gasteiger partial charge in [0.1, 0.15) is 29.3 Å². The fraction of sp³-hybridized carbons (Fsp3) is 0.192. The lowest BCUT2D eigenvalue weighted by molar-refractivity contribution is 0.479. The Balaban J connectivity index is 1.18. The van der Waals surface area contributed by atoms with Crippen molar-refractivity contribution in [3.05, 3.63) is 72.5 Å². The first-order valence-electron chi connectivity index (χ1n) is 11.4. The third-order valence-electron chi connectivity index (χ3n) is 5.89. The summed E-state index contributed by atoms with van der Waals surface area (Å²) in [6.07, 6.45) is 7.07. The Labute approximate surface area is 201 Å². The van der Waals surface area contributed by atoms with E-state index in [1.165, 1.54) is 0 Å². The van der Waals surface area contributed by atoms with Crippen LogP contribution in [-0.2, 0) is 7.05 Å². The molecule has 3 aromatic heterocycles. The number of oxazole rings is 1. The molecule has 0 aliphatic carbocycles. The van der Waals surface area contributed by atoms with Gasteiger partial charge in [-0.1, -0.05) is 0 Å². The molecule has 0 atom stereocenters. The third kappa shape index (κ3) is 4.23. The normalized spacial score (nSPS) is 13.3. The molecule has 2 aromatic carbocycles. The molecule has 0 fully saturated rings. The minimum Gasteiger partial charge on any atom is -0.457 e. The number of hydrogen-bond donors (Lipinski definition) is 1. The molecule has 0 spiro atoms. The summed E-state index contributed by atoms with van der Waals surface area (Å²) in [5, 5.41) is 3.32. The zero-order chi connectivity index (χ0) is 23.8. The van der Waals surface area contributed by atoms with Crippen LogP contribution in [0.3, 0.4) is 0 Å². The van der Waals surface area contributed by atoms with Crippen LogP contribution in [-0.4, -0.2) is 36.8 Å². The molecule has 0 saturated carbocycles. The Kier molecular flexibility index (Phi) is 5.21. The number of aromatic nitrogens is 5. The highest BCUT2D eigenvalue weighted by molar-refractivity contribution is 5.99. The molecule has 1 aliphatic heterocycles. The number of anilines is 2. The number of nitrogens with one attached hydrogen (secondary N) is 1. The maximum atomic E-state index is 6.12. The van der Waals surface area contributed by atoms with E-state index in [4.69, 9.17) is 9.15 Å². The van der Waals surface area contributed by atoms with E-state index in [2.05, 4.69) is 30.2 Å². The largest absolute Gasteiger partial charge is 0.457 e. The number of fused-ring (bicyclic) bond motifs is 1. The molecule has 9 heteroatoms. The van der Waals surface area contributed by atoms with E-state index in [1.807, 2.05) is 54.9 Å². The number of rotatable bonds is 6. The first-order chi connectivity index (χ1) is 17.1. The minimum absolute atomic E-state index is 0.378. The quantitative estimate of drug-likeness (QED) is 0.356. The van der Waals surface area contributed by atoms with Crippen LogP contribution in [0.1, 0.15) is 24.1 Å². The summed E-state index contributed by atoms with van der Waals surface area (Å²) in [6.45, 7) is 2.85. The van der Waals surface area contributed by atoms with Crippen molar-refractivity contribution in [2.75, 3.05) is 11.9 Å². The summed E-state index contributed by atoms with van der Waals surface area (Å²) in [7, 11) is 1.97. The highest BCUT2D eigenvalue weighted by Gasteiger charge is 2.16. The first kappa shape index (κ1) is 21.0. The van der Waals surface area contributed by atoms with Crippen LogP contribution in [0.5, 0.6) is 11.5 Å². The number of aryl methyl sites for hydroxylation is 2. The van der Waals surface area contributed by atoms with Crippen molar-refractivity contribution in [1.29, 1.82) is 0 Å². The van der Waals surface area contributed by atoms with E-state index in [9.17, 15) is 0 Å². The average molecular weight is 466 g/mol. The van der Waals surface area contributed by atoms with Crippen LogP contribution in [0.4, 0.5) is 11.5 Å². The van der Waals surface area contributed by atoms with Crippen LogP contribution in [0.15, 0.2) is 70.7 Å². The second-order valence-corrected chi connectivity index (χ2v) is 8.45. The summed E-state index contributed by atoms with van der Waals surface area (Å²) in [5.74, 6) is 2.96. The number of aliphatic imine (C=N–C) groups is 1. The van der Waals surface area contributed by atoms with Gasteiger partial charge in [-0.05, 0) is 61.7 Å². The van der Waals surface area contributed by atoms with E-state index in [-0.39, 0.29) is 0 Å². The number of benzene rings is 2. The number of nitrogens with zero attached hydrogens (tertiary/aromatic N) is 6. The molecule has 0 amide bonds. The third-order valence-corrected chi connectivity index (χ3v) is 5.89. The molecule has 6 rings (SSSR count). The lowest BCUT2D eigenvalue weighted by Gasteiger charge is -2.12. The van der Waals surface area contributed by atoms with Crippen molar-refractivity contribution in [1.82, 2.24) is 24.5 Å². The molecule has 35 heavy (non-hydrogen) atoms. The molecule has 5 aromatic rings. The van der Waals surface area contributed by atoms with Gasteiger partial charge in [0.15, 0.2) is 0 Å². The Morgan fingerprint density at radius 2 is 2.00 bits per heavy atom. The van der Waals surface area contributed by atoms with Crippen LogP contribution in [0.25, 0.3) is 22.7 Å². The van der Waals surface area contributed by atoms with Gasteiger partial charge in [0, 0.05) is 31.5 Å². The Morgan fingerprint density at radius 1 is 1.06 bits per heavy atom. The Morgan fingerprint density at radius 3 is 2.86 bits per heavy atom. The second kappa shape index (κ2) is 8.68. The van der Waals surface area contributed by atoms with Gasteiger partial charge in [-0.3, -0.25) is 4.99 Å². The predicted octanol–water partition coefficient (Wildman–Crippen LogP) is 5.45. The minimum atomic E-state index is 0.378. The van der Waals surface area contributed by atoms with Crippen molar-refractivity contribution >= 4 is 28.3 Å². The molecule has 174 valence electrons. The van der Waals surface area contributed by atoms with E-state index in [0.29, 0.717) is 17.5 Å². The maximum absolute atomic E-state index is 6.12. The number of hydrogen-bond acceptors (Lipinski definition) is 8. The fourth-order valence-corrected chi connectivity index (χ4v) is 4.08. The second-order valence-electron chi connectivity index (χ2n) is 8.45. The molecule has 0 saturated heterocycles. The Hall–Kier alpha value is -4.53. The topological polar surface area (TPSA) is 103 Å². The lowest BCUT2D eigenvalue weighted by Crippen LogP contribution is -1.99. The monoisotopic (exact) mass is 465 g/mol. The van der Waals surface area contributed by atoms with Gasteiger partial charge in [-0.2, -0.15) is 0 Å². The summed E-state index contributed by atoms with van der Waals surface area (Å²) in [4.78, 5) is 22.3. The van der Waals surface area contributed by atoms with Crippen molar-refractivity contribution in [3.8, 4) is 23.2 Å². The SMILES string of the molecule is Cc1cc(Nc2ccnc(-c3nc(C4=NCCC4)co3)n2)ccc1Oc1ccc2c(c1)ncn2C. The highest BCUT2D eigenvalue weighted by atomic mass is 16.5. The standard InChI is InChI=1S/C26H23N7O2/c1-16-12-17(5-8-23(16)35-18-6-7-22-20(13-18)29-15-33(22)2)30-24-9-11-28-25(32-24)26-31-21(14-34-26)19-4-3-10-27-19/h5-9,11-15H,3-4,10H2,1-2H3,(H,28,30,32). The van der Waals surface area contributed by atoms with Crippen molar-refractivity contribution < 1.29 is 9.15 Å². The summed E-state index contributed by atoms with van der Waals surface area (Å²) in [6, 6.07) is 13.6. The zero-order valence-electron chi connectivity index (χ0n) is 19.4. The molecule has 0 bridgehead atoms. The molecule has 1 aliphatic rings. The van der Waals surface area contributed by atoms with Crippen LogP contribution in [0.2, 0.25) is 0 Å². The smallest absolute Gasteiger partial charge is 0.265 e. The zero-order valence-corrected chi connectivity index (χ0v) is 19.4. The lowest BCUT2D eigenvalue weighted by atomic mass is 10.2. The van der Waals surface area contributed by atoms with Gasteiger partial charge in [0.25, 0.3) is 5.89 Å². The van der Waals surface area contributed by atoms with E-state index in [1.54, 1.807) is 24.9 Å². The van der Waals surface area contributed by atoms with Gasteiger partial charge < -0.3 is 19.0 Å². The number of imidazole rings is 1. The Bertz CT molecular complexity index is 1570. The predicted molar refractivity (Wildman–Crippen MR) is 133 cm³/mol. The fourth-order valence-electron chi connectivity index (χ4n) is 4.08. The van der Waals surface area contributed by atoms with Gasteiger partial charge in [0.05, 0.1) is 23.1 Å². The van der Waals surface area contributed by atoms with Crippen LogP contribution in [0, 0.1) is 6.92 Å². The summed E-state index contributed by atoms with van der Waals surface area (Å²) < 4.78 is 13.7. The number of ether oxygens (including phenoxy) is 1. The van der Waals surface area contributed by atoms with Crippen molar-refractivity contribution in [2.45, 2.75) is 19.8 Å². The molecule has 1 N–H and O–H groups in total. The van der Waals surface area contributed by atoms with E-state index in [0.717, 1.165) is 64.6 Å². The van der Waals surface area contributed by atoms with Gasteiger partial charge in [-0.15, -0.1) is 0 Å². The maximum Gasteiger partial charge on any atom is 0.265 e. The molecule has 4 heterocycles. The van der Waals surface area contributed by atoms with Gasteiger partial charge in [0.2, 0.25) is 5.82 Å². The van der Waals surface area contributed by atoms with Crippen molar-refractivity contribution in [2.24, 2.45) is 12.0 Å². The first-order valence-corrected chi connectivity index (χ1v) is 11.4. The molecular weight excluding hydrogens is 442 g/mol. The average Bonchev–Trinajstić information content (AvgIpc) is 3.62. The van der Waals surface area contributed by atoms with E-state index < -0.39 is 0 Å². The highest BCUT2D eigenvalue weighted by Crippen LogP contribution is 2.30. The van der Waals surface area contributed by atoms with E-state index >= 15 is 0 Å². The van der Waals surface area contributed by atoms with Gasteiger partial charge >= 0.3 is 0 Å². The molecule has 0 unspecified atom stereocenters. The van der Waals surface area contributed by atoms with Crippen molar-refractivity contribution in [3.63, 3.8) is 0 Å².